The van der Waals surface area contributed by atoms with Crippen LogP contribution in [-0.2, 0) is 0 Å². The molecule has 10 heteroatoms. The summed E-state index contributed by atoms with van der Waals surface area (Å²) in [6.45, 7) is 1.76. The van der Waals surface area contributed by atoms with Gasteiger partial charge < -0.3 is 20.1 Å². The molecule has 0 bridgehead atoms. The fraction of sp³-hybridized carbons (Fsp3) is 0.300. The molecule has 1 aliphatic heterocycles. The first kappa shape index (κ1) is 22.6. The van der Waals surface area contributed by atoms with Gasteiger partial charge in [0.1, 0.15) is 18.2 Å². The number of rotatable bonds is 5. The second kappa shape index (κ2) is 9.83. The molecular weight excluding hydrogens is 454 g/mol. The summed E-state index contributed by atoms with van der Waals surface area (Å²) in [5.74, 6) is 0.931. The highest BCUT2D eigenvalue weighted by Crippen LogP contribution is 2.37. The molecule has 30 heavy (non-hydrogen) atoms. The molecule has 2 N–H and O–H groups in total. The van der Waals surface area contributed by atoms with Gasteiger partial charge in [-0.15, -0.1) is 12.4 Å². The van der Waals surface area contributed by atoms with Gasteiger partial charge in [0, 0.05) is 18.0 Å². The molecule has 4 rings (SSSR count). The van der Waals surface area contributed by atoms with Crippen molar-refractivity contribution in [3.63, 3.8) is 0 Å². The average Bonchev–Trinajstić information content (AvgIpc) is 2.74. The van der Waals surface area contributed by atoms with Gasteiger partial charge in [0.25, 0.3) is 0 Å². The molecule has 0 spiro atoms. The largest absolute Gasteiger partial charge is 0.493 e. The standard InChI is InChI=1S/C20H19Cl2FN4O2.ClH/c1-28-16-8-15-12(7-17(16)29-11-3-2-6-24-9-11)20(26-10-25-15)27-14-5-4-13(21)18(22)19(14)23;/h4-5,7-8,10-11,24H,2-3,6,9H2,1H3,(H,25,26,27);1H. The van der Waals surface area contributed by atoms with E-state index in [1.54, 1.807) is 19.2 Å². The van der Waals surface area contributed by atoms with Crippen molar-refractivity contribution in [1.29, 1.82) is 0 Å². The van der Waals surface area contributed by atoms with Crippen LogP contribution in [0.1, 0.15) is 12.8 Å². The third-order valence-corrected chi connectivity index (χ3v) is 5.54. The molecule has 1 aromatic heterocycles. The van der Waals surface area contributed by atoms with Gasteiger partial charge >= 0.3 is 0 Å². The molecule has 0 amide bonds. The Hall–Kier alpha value is -2.06. The lowest BCUT2D eigenvalue weighted by Gasteiger charge is -2.25. The van der Waals surface area contributed by atoms with Crippen LogP contribution in [0.25, 0.3) is 10.9 Å². The number of piperidine rings is 1. The molecule has 0 saturated carbocycles. The summed E-state index contributed by atoms with van der Waals surface area (Å²) >= 11 is 11.8. The van der Waals surface area contributed by atoms with Crippen LogP contribution in [-0.4, -0.2) is 36.3 Å². The van der Waals surface area contributed by atoms with Crippen LogP contribution in [0, 0.1) is 5.82 Å². The first-order chi connectivity index (χ1) is 14.1. The molecule has 1 unspecified atom stereocenters. The summed E-state index contributed by atoms with van der Waals surface area (Å²) in [6, 6.07) is 6.61. The zero-order valence-corrected chi connectivity index (χ0v) is 18.4. The summed E-state index contributed by atoms with van der Waals surface area (Å²) in [4.78, 5) is 8.56. The molecule has 1 fully saturated rings. The first-order valence-corrected chi connectivity index (χ1v) is 9.93. The maximum Gasteiger partial charge on any atom is 0.166 e. The number of ether oxygens (including phenoxy) is 2. The number of fused-ring (bicyclic) bond motifs is 1. The second-order valence-corrected chi connectivity index (χ2v) is 7.46. The minimum absolute atomic E-state index is 0. The van der Waals surface area contributed by atoms with Crippen LogP contribution in [0.15, 0.2) is 30.6 Å². The molecule has 160 valence electrons. The Morgan fingerprint density at radius 1 is 1.20 bits per heavy atom. The number of hydrogen-bond donors (Lipinski definition) is 2. The van der Waals surface area contributed by atoms with Crippen molar-refractivity contribution in [2.45, 2.75) is 18.9 Å². The van der Waals surface area contributed by atoms with E-state index in [0.29, 0.717) is 28.2 Å². The highest BCUT2D eigenvalue weighted by Gasteiger charge is 2.19. The van der Waals surface area contributed by atoms with Gasteiger partial charge in [0.15, 0.2) is 17.3 Å². The third-order valence-electron chi connectivity index (χ3n) is 4.75. The normalized spacial score (nSPS) is 16.1. The Labute approximate surface area is 189 Å². The van der Waals surface area contributed by atoms with E-state index in [-0.39, 0.29) is 34.2 Å². The predicted octanol–water partition coefficient (Wildman–Crippen LogP) is 5.38. The van der Waals surface area contributed by atoms with Crippen LogP contribution in [0.2, 0.25) is 10.0 Å². The molecule has 0 radical (unpaired) electrons. The molecule has 2 aromatic carbocycles. The van der Waals surface area contributed by atoms with Gasteiger partial charge in [-0.1, -0.05) is 23.2 Å². The lowest BCUT2D eigenvalue weighted by molar-refractivity contribution is 0.161. The number of nitrogens with one attached hydrogen (secondary N) is 2. The minimum atomic E-state index is -0.649. The Kier molecular flexibility index (Phi) is 7.41. The van der Waals surface area contributed by atoms with E-state index in [9.17, 15) is 4.39 Å². The van der Waals surface area contributed by atoms with Gasteiger partial charge in [-0.2, -0.15) is 0 Å². The molecule has 1 aliphatic rings. The van der Waals surface area contributed by atoms with Gasteiger partial charge in [0.05, 0.1) is 28.4 Å². The summed E-state index contributed by atoms with van der Waals surface area (Å²) in [7, 11) is 1.58. The minimum Gasteiger partial charge on any atom is -0.493 e. The Balaban J connectivity index is 0.00000256. The lowest BCUT2D eigenvalue weighted by atomic mass is 10.1. The van der Waals surface area contributed by atoms with Crippen LogP contribution >= 0.6 is 35.6 Å². The number of hydrogen-bond acceptors (Lipinski definition) is 6. The summed E-state index contributed by atoms with van der Waals surface area (Å²) in [6.07, 6.45) is 3.45. The predicted molar refractivity (Wildman–Crippen MR) is 120 cm³/mol. The number of nitrogens with zero attached hydrogens (tertiary/aromatic N) is 2. The van der Waals surface area contributed by atoms with E-state index >= 15 is 0 Å². The lowest BCUT2D eigenvalue weighted by Crippen LogP contribution is -2.37. The average molecular weight is 474 g/mol. The first-order valence-electron chi connectivity index (χ1n) is 9.17. The maximum absolute atomic E-state index is 14.5. The van der Waals surface area contributed by atoms with Gasteiger partial charge in [-0.25, -0.2) is 14.4 Å². The smallest absolute Gasteiger partial charge is 0.166 e. The second-order valence-electron chi connectivity index (χ2n) is 6.68. The van der Waals surface area contributed by atoms with Crippen LogP contribution in [0.4, 0.5) is 15.9 Å². The third kappa shape index (κ3) is 4.64. The highest BCUT2D eigenvalue weighted by molar-refractivity contribution is 6.42. The van der Waals surface area contributed by atoms with Crippen molar-refractivity contribution >= 4 is 58.0 Å². The Bertz CT molecular complexity index is 1050. The number of methoxy groups -OCH3 is 1. The quantitative estimate of drug-likeness (QED) is 0.485. The van der Waals surface area contributed by atoms with Gasteiger partial charge in [-0.05, 0) is 37.6 Å². The van der Waals surface area contributed by atoms with Crippen LogP contribution in [0.5, 0.6) is 11.5 Å². The summed E-state index contributed by atoms with van der Waals surface area (Å²) < 4.78 is 26.1. The summed E-state index contributed by atoms with van der Waals surface area (Å²) in [5.41, 5.74) is 0.795. The van der Waals surface area contributed by atoms with Gasteiger partial charge in [-0.3, -0.25) is 0 Å². The van der Waals surface area contributed by atoms with Crippen LogP contribution in [0.3, 0.4) is 0 Å². The number of anilines is 2. The van der Waals surface area contributed by atoms with E-state index in [0.717, 1.165) is 25.9 Å². The van der Waals surface area contributed by atoms with E-state index in [4.69, 9.17) is 32.7 Å². The topological polar surface area (TPSA) is 68.3 Å². The fourth-order valence-electron chi connectivity index (χ4n) is 3.27. The van der Waals surface area contributed by atoms with Crippen LogP contribution < -0.4 is 20.1 Å². The fourth-order valence-corrected chi connectivity index (χ4v) is 3.58. The molecule has 0 aliphatic carbocycles. The van der Waals surface area contributed by atoms with Crippen molar-refractivity contribution in [1.82, 2.24) is 15.3 Å². The van der Waals surface area contributed by atoms with Crippen molar-refractivity contribution in [3.05, 3.63) is 46.5 Å². The van der Waals surface area contributed by atoms with Crippen molar-refractivity contribution in [2.75, 3.05) is 25.5 Å². The molecule has 2 heterocycles. The zero-order chi connectivity index (χ0) is 20.4. The highest BCUT2D eigenvalue weighted by atomic mass is 35.5. The van der Waals surface area contributed by atoms with E-state index in [2.05, 4.69) is 20.6 Å². The van der Waals surface area contributed by atoms with E-state index in [1.165, 1.54) is 18.5 Å². The van der Waals surface area contributed by atoms with Crippen molar-refractivity contribution in [2.24, 2.45) is 0 Å². The summed E-state index contributed by atoms with van der Waals surface area (Å²) in [5, 5.41) is 6.95. The number of aromatic nitrogens is 2. The van der Waals surface area contributed by atoms with E-state index < -0.39 is 5.82 Å². The van der Waals surface area contributed by atoms with Gasteiger partial charge in [0.2, 0.25) is 0 Å². The Morgan fingerprint density at radius 2 is 2.03 bits per heavy atom. The number of halogens is 4. The molecule has 3 aromatic rings. The molecule has 6 nitrogen and oxygen atoms in total. The van der Waals surface area contributed by atoms with E-state index in [1.807, 2.05) is 0 Å². The molecule has 1 atom stereocenters. The maximum atomic E-state index is 14.5. The Morgan fingerprint density at radius 3 is 2.77 bits per heavy atom. The molecular formula is C20H20Cl3FN4O2. The number of benzene rings is 2. The molecule has 1 saturated heterocycles. The zero-order valence-electron chi connectivity index (χ0n) is 16.0. The van der Waals surface area contributed by atoms with Crippen molar-refractivity contribution < 1.29 is 13.9 Å². The SMILES string of the molecule is COc1cc2ncnc(Nc3ccc(Cl)c(Cl)c3F)c2cc1OC1CCCNC1.Cl. The monoisotopic (exact) mass is 472 g/mol. The van der Waals surface area contributed by atoms with Crippen molar-refractivity contribution in [3.8, 4) is 11.5 Å².